The molecule has 2 aliphatic rings. The SMILES string of the molecule is COc1cc2c(cc1N1CCNCC1)CC(=Cc1ccc(SC(F)(F)F)cc1)C2=O. The van der Waals surface area contributed by atoms with Gasteiger partial charge in [-0.3, -0.25) is 4.79 Å². The summed E-state index contributed by atoms with van der Waals surface area (Å²) in [6.07, 6.45) is 2.25. The number of ketones is 1. The lowest BCUT2D eigenvalue weighted by molar-refractivity contribution is -0.0328. The highest BCUT2D eigenvalue weighted by atomic mass is 32.2. The van der Waals surface area contributed by atoms with Crippen LogP contribution < -0.4 is 15.0 Å². The summed E-state index contributed by atoms with van der Waals surface area (Å²) in [6, 6.07) is 9.87. The number of allylic oxidation sites excluding steroid dienone is 1. The van der Waals surface area contributed by atoms with Crippen molar-refractivity contribution in [2.75, 3.05) is 38.2 Å². The number of carbonyl (C=O) groups is 1. The minimum atomic E-state index is -4.32. The fourth-order valence-electron chi connectivity index (χ4n) is 3.83. The van der Waals surface area contributed by atoms with Gasteiger partial charge in [-0.25, -0.2) is 0 Å². The number of alkyl halides is 3. The van der Waals surface area contributed by atoms with E-state index in [1.165, 1.54) is 12.1 Å². The van der Waals surface area contributed by atoms with Crippen LogP contribution in [-0.4, -0.2) is 44.6 Å². The molecule has 1 aliphatic carbocycles. The number of methoxy groups -OCH3 is 1. The minimum absolute atomic E-state index is 0.0658. The highest BCUT2D eigenvalue weighted by Gasteiger charge is 2.30. The van der Waals surface area contributed by atoms with Crippen LogP contribution >= 0.6 is 11.8 Å². The van der Waals surface area contributed by atoms with Gasteiger partial charge in [0.05, 0.1) is 12.8 Å². The number of fused-ring (bicyclic) bond motifs is 1. The number of anilines is 1. The number of hydrogen-bond donors (Lipinski definition) is 1. The van der Waals surface area contributed by atoms with E-state index in [2.05, 4.69) is 10.2 Å². The van der Waals surface area contributed by atoms with Crippen LogP contribution in [0.5, 0.6) is 5.75 Å². The summed E-state index contributed by atoms with van der Waals surface area (Å²) in [5.74, 6) is 0.614. The first kappa shape index (κ1) is 20.8. The van der Waals surface area contributed by atoms with E-state index in [0.29, 0.717) is 28.9 Å². The second-order valence-corrected chi connectivity index (χ2v) is 8.35. The van der Waals surface area contributed by atoms with Crippen molar-refractivity contribution in [2.45, 2.75) is 16.8 Å². The van der Waals surface area contributed by atoms with Crippen LogP contribution in [0.15, 0.2) is 46.9 Å². The molecule has 4 rings (SSSR count). The van der Waals surface area contributed by atoms with Gasteiger partial charge in [0.1, 0.15) is 5.75 Å². The van der Waals surface area contributed by atoms with E-state index >= 15 is 0 Å². The number of halogens is 3. The Hall–Kier alpha value is -2.45. The Morgan fingerprint density at radius 2 is 1.83 bits per heavy atom. The van der Waals surface area contributed by atoms with Gasteiger partial charge in [0, 0.05) is 48.6 Å². The van der Waals surface area contributed by atoms with Crippen LogP contribution in [0.1, 0.15) is 21.5 Å². The van der Waals surface area contributed by atoms with Gasteiger partial charge < -0.3 is 15.0 Å². The first-order valence-electron chi connectivity index (χ1n) is 9.62. The Kier molecular flexibility index (Phi) is 5.79. The monoisotopic (exact) mass is 434 g/mol. The molecular formula is C22H21F3N2O2S. The van der Waals surface area contributed by atoms with Crippen LogP contribution in [0.25, 0.3) is 6.08 Å². The highest BCUT2D eigenvalue weighted by molar-refractivity contribution is 8.00. The third-order valence-corrected chi connectivity index (χ3v) is 5.97. The normalized spacial score (nSPS) is 18.1. The molecule has 30 heavy (non-hydrogen) atoms. The molecule has 0 radical (unpaired) electrons. The number of nitrogens with zero attached hydrogens (tertiary/aromatic N) is 1. The smallest absolute Gasteiger partial charge is 0.446 e. The van der Waals surface area contributed by atoms with Crippen molar-refractivity contribution >= 4 is 29.3 Å². The average Bonchev–Trinajstić information content (AvgIpc) is 3.02. The number of hydrogen-bond acceptors (Lipinski definition) is 5. The van der Waals surface area contributed by atoms with Gasteiger partial charge >= 0.3 is 5.51 Å². The number of rotatable bonds is 4. The average molecular weight is 434 g/mol. The first-order chi connectivity index (χ1) is 14.3. The molecule has 1 saturated heterocycles. The Balaban J connectivity index is 1.58. The molecule has 0 saturated carbocycles. The largest absolute Gasteiger partial charge is 0.495 e. The van der Waals surface area contributed by atoms with Crippen LogP contribution in [0, 0.1) is 0 Å². The molecule has 0 bridgehead atoms. The summed E-state index contributed by atoms with van der Waals surface area (Å²) < 4.78 is 43.0. The molecule has 0 amide bonds. The maximum absolute atomic E-state index is 12.9. The van der Waals surface area contributed by atoms with Crippen LogP contribution in [0.4, 0.5) is 18.9 Å². The molecule has 1 fully saturated rings. The summed E-state index contributed by atoms with van der Waals surface area (Å²) in [5.41, 5.74) is -0.427. The quantitative estimate of drug-likeness (QED) is 0.565. The number of piperazine rings is 1. The van der Waals surface area contributed by atoms with Crippen LogP contribution in [0.2, 0.25) is 0 Å². The van der Waals surface area contributed by atoms with Crippen molar-refractivity contribution in [1.82, 2.24) is 5.32 Å². The lowest BCUT2D eigenvalue weighted by Gasteiger charge is -2.31. The van der Waals surface area contributed by atoms with Crippen molar-refractivity contribution in [1.29, 1.82) is 0 Å². The Labute approximate surface area is 177 Å². The Bertz CT molecular complexity index is 981. The number of nitrogens with one attached hydrogen (secondary N) is 1. The van der Waals surface area contributed by atoms with Gasteiger partial charge in [-0.15, -0.1) is 0 Å². The zero-order valence-electron chi connectivity index (χ0n) is 16.4. The van der Waals surface area contributed by atoms with Crippen molar-refractivity contribution in [3.8, 4) is 5.75 Å². The maximum atomic E-state index is 12.9. The lowest BCUT2D eigenvalue weighted by Crippen LogP contribution is -2.43. The molecule has 2 aromatic carbocycles. The number of carbonyl (C=O) groups excluding carboxylic acids is 1. The van der Waals surface area contributed by atoms with E-state index in [9.17, 15) is 18.0 Å². The van der Waals surface area contributed by atoms with Crippen LogP contribution in [0.3, 0.4) is 0 Å². The first-order valence-corrected chi connectivity index (χ1v) is 10.4. The van der Waals surface area contributed by atoms with Gasteiger partial charge in [-0.1, -0.05) is 12.1 Å². The predicted molar refractivity (Wildman–Crippen MR) is 112 cm³/mol. The number of benzene rings is 2. The zero-order valence-corrected chi connectivity index (χ0v) is 17.2. The van der Waals surface area contributed by atoms with Gasteiger partial charge in [0.15, 0.2) is 5.78 Å². The molecule has 1 heterocycles. The standard InChI is InChI=1S/C22H21F3N2O2S/c1-29-20-13-18-15(12-19(20)27-8-6-26-7-9-27)11-16(21(18)28)10-14-2-4-17(5-3-14)30-22(23,24)25/h2-5,10,12-13,26H,6-9,11H2,1H3. The Morgan fingerprint density at radius 1 is 1.13 bits per heavy atom. The number of ether oxygens (including phenoxy) is 1. The summed E-state index contributed by atoms with van der Waals surface area (Å²) in [5, 5.41) is 3.32. The van der Waals surface area contributed by atoms with Gasteiger partial charge in [-0.2, -0.15) is 13.2 Å². The topological polar surface area (TPSA) is 41.6 Å². The van der Waals surface area contributed by atoms with Crippen molar-refractivity contribution in [3.05, 3.63) is 58.7 Å². The molecule has 0 atom stereocenters. The third-order valence-electron chi connectivity index (χ3n) is 5.23. The zero-order chi connectivity index (χ0) is 21.3. The lowest BCUT2D eigenvalue weighted by atomic mass is 10.1. The van der Waals surface area contributed by atoms with Gasteiger partial charge in [0.25, 0.3) is 0 Å². The summed E-state index contributed by atoms with van der Waals surface area (Å²) >= 11 is -0.149. The molecule has 0 aromatic heterocycles. The summed E-state index contributed by atoms with van der Waals surface area (Å²) in [4.78, 5) is 15.3. The molecule has 0 spiro atoms. The van der Waals surface area contributed by atoms with Crippen molar-refractivity contribution in [2.24, 2.45) is 0 Å². The number of thioether (sulfide) groups is 1. The van der Waals surface area contributed by atoms with Gasteiger partial charge in [0.2, 0.25) is 0 Å². The van der Waals surface area contributed by atoms with E-state index in [1.54, 1.807) is 31.4 Å². The second-order valence-electron chi connectivity index (χ2n) is 7.21. The fraction of sp³-hybridized carbons (Fsp3) is 0.318. The summed E-state index contributed by atoms with van der Waals surface area (Å²) in [7, 11) is 1.60. The third kappa shape index (κ3) is 4.49. The van der Waals surface area contributed by atoms with E-state index in [4.69, 9.17) is 4.74 Å². The van der Waals surface area contributed by atoms with E-state index in [1.807, 2.05) is 6.07 Å². The van der Waals surface area contributed by atoms with E-state index in [0.717, 1.165) is 37.4 Å². The fourth-order valence-corrected chi connectivity index (χ4v) is 4.37. The van der Waals surface area contributed by atoms with Crippen molar-refractivity contribution in [3.63, 3.8) is 0 Å². The number of Topliss-reactive ketones (excluding diaryl/α,β-unsaturated/α-hetero) is 1. The summed E-state index contributed by atoms with van der Waals surface area (Å²) in [6.45, 7) is 3.53. The highest BCUT2D eigenvalue weighted by Crippen LogP contribution is 2.39. The van der Waals surface area contributed by atoms with Crippen molar-refractivity contribution < 1.29 is 22.7 Å². The second kappa shape index (κ2) is 8.35. The molecule has 0 unspecified atom stereocenters. The van der Waals surface area contributed by atoms with Crippen LogP contribution in [-0.2, 0) is 6.42 Å². The molecule has 2 aromatic rings. The molecule has 4 nitrogen and oxygen atoms in total. The molecule has 8 heteroatoms. The van der Waals surface area contributed by atoms with E-state index in [-0.39, 0.29) is 22.4 Å². The minimum Gasteiger partial charge on any atom is -0.495 e. The molecular weight excluding hydrogens is 413 g/mol. The molecule has 1 N–H and O–H groups in total. The van der Waals surface area contributed by atoms with E-state index < -0.39 is 5.51 Å². The molecule has 158 valence electrons. The predicted octanol–water partition coefficient (Wildman–Crippen LogP) is 4.54. The van der Waals surface area contributed by atoms with Gasteiger partial charge in [-0.05, 0) is 53.2 Å². The maximum Gasteiger partial charge on any atom is 0.446 e. The Morgan fingerprint density at radius 3 is 2.47 bits per heavy atom. The molecule has 1 aliphatic heterocycles.